The van der Waals surface area contributed by atoms with Crippen LogP contribution in [0.4, 0.5) is 0 Å². The van der Waals surface area contributed by atoms with E-state index >= 15 is 0 Å². The lowest BCUT2D eigenvalue weighted by atomic mass is 9.77. The van der Waals surface area contributed by atoms with Crippen LogP contribution in [-0.4, -0.2) is 25.5 Å². The standard InChI is InChI=1S/C15H20N2O/c18-15(7-11-5-6-16-9-11)17-10-13-8-12-3-1-2-4-14(12)13/h1-4,11,13,16H,5-10H2,(H,17,18). The topological polar surface area (TPSA) is 41.1 Å². The summed E-state index contributed by atoms with van der Waals surface area (Å²) < 4.78 is 0. The monoisotopic (exact) mass is 244 g/mol. The number of hydrogen-bond acceptors (Lipinski definition) is 2. The highest BCUT2D eigenvalue weighted by Gasteiger charge is 2.26. The van der Waals surface area contributed by atoms with Gasteiger partial charge in [-0.3, -0.25) is 4.79 Å². The van der Waals surface area contributed by atoms with Gasteiger partial charge in [0.1, 0.15) is 0 Å². The van der Waals surface area contributed by atoms with Crippen molar-refractivity contribution >= 4 is 5.91 Å². The minimum absolute atomic E-state index is 0.216. The van der Waals surface area contributed by atoms with Crippen LogP contribution in [0.2, 0.25) is 0 Å². The predicted octanol–water partition coefficient (Wildman–Crippen LogP) is 1.44. The molecule has 3 rings (SSSR count). The summed E-state index contributed by atoms with van der Waals surface area (Å²) in [7, 11) is 0. The van der Waals surface area contributed by atoms with Gasteiger partial charge in [0.2, 0.25) is 5.91 Å². The average molecular weight is 244 g/mol. The van der Waals surface area contributed by atoms with Crippen molar-refractivity contribution in [3.8, 4) is 0 Å². The molecule has 1 aromatic carbocycles. The lowest BCUT2D eigenvalue weighted by Gasteiger charge is -2.30. The molecule has 2 N–H and O–H groups in total. The molecule has 96 valence electrons. The van der Waals surface area contributed by atoms with Crippen LogP contribution in [0.1, 0.15) is 29.9 Å². The first-order valence-corrected chi connectivity index (χ1v) is 6.88. The third kappa shape index (κ3) is 2.41. The minimum atomic E-state index is 0.216. The number of hydrogen-bond donors (Lipinski definition) is 2. The number of carbonyl (C=O) groups is 1. The molecule has 1 saturated heterocycles. The van der Waals surface area contributed by atoms with Gasteiger partial charge in [0.05, 0.1) is 0 Å². The van der Waals surface area contributed by atoms with Gasteiger partial charge in [-0.15, -0.1) is 0 Å². The van der Waals surface area contributed by atoms with E-state index in [0.717, 1.165) is 32.5 Å². The molecule has 2 atom stereocenters. The van der Waals surface area contributed by atoms with E-state index in [-0.39, 0.29) is 5.91 Å². The molecule has 0 spiro atoms. The summed E-state index contributed by atoms with van der Waals surface area (Å²) in [6.07, 6.45) is 2.93. The Labute approximate surface area is 108 Å². The van der Waals surface area contributed by atoms with Crippen LogP contribution in [0, 0.1) is 5.92 Å². The lowest BCUT2D eigenvalue weighted by molar-refractivity contribution is -0.122. The van der Waals surface area contributed by atoms with Crippen molar-refractivity contribution in [2.45, 2.75) is 25.2 Å². The minimum Gasteiger partial charge on any atom is -0.355 e. The highest BCUT2D eigenvalue weighted by Crippen LogP contribution is 2.33. The molecular formula is C15H20N2O. The molecule has 1 aromatic rings. The van der Waals surface area contributed by atoms with E-state index in [2.05, 4.69) is 34.9 Å². The second-order valence-corrected chi connectivity index (χ2v) is 5.47. The van der Waals surface area contributed by atoms with Crippen molar-refractivity contribution in [3.05, 3.63) is 35.4 Å². The van der Waals surface area contributed by atoms with Gasteiger partial charge in [-0.25, -0.2) is 0 Å². The third-order valence-corrected chi connectivity index (χ3v) is 4.14. The van der Waals surface area contributed by atoms with Crippen LogP contribution in [0.15, 0.2) is 24.3 Å². The Morgan fingerprint density at radius 1 is 1.39 bits per heavy atom. The molecule has 2 aliphatic rings. The first kappa shape index (κ1) is 11.7. The highest BCUT2D eigenvalue weighted by molar-refractivity contribution is 5.76. The lowest BCUT2D eigenvalue weighted by Crippen LogP contribution is -2.34. The van der Waals surface area contributed by atoms with Crippen molar-refractivity contribution in [1.29, 1.82) is 0 Å². The molecule has 2 unspecified atom stereocenters. The van der Waals surface area contributed by atoms with Crippen molar-refractivity contribution in [2.24, 2.45) is 5.92 Å². The molecule has 1 heterocycles. The van der Waals surface area contributed by atoms with Crippen molar-refractivity contribution in [2.75, 3.05) is 19.6 Å². The average Bonchev–Trinajstić information content (AvgIpc) is 2.83. The molecule has 3 nitrogen and oxygen atoms in total. The van der Waals surface area contributed by atoms with Crippen LogP contribution < -0.4 is 10.6 Å². The maximum Gasteiger partial charge on any atom is 0.220 e. The number of nitrogens with one attached hydrogen (secondary N) is 2. The number of benzene rings is 1. The fourth-order valence-electron chi connectivity index (χ4n) is 3.00. The van der Waals surface area contributed by atoms with Gasteiger partial charge >= 0.3 is 0 Å². The van der Waals surface area contributed by atoms with Crippen molar-refractivity contribution < 1.29 is 4.79 Å². The van der Waals surface area contributed by atoms with E-state index in [1.807, 2.05) is 0 Å². The zero-order chi connectivity index (χ0) is 12.4. The normalized spacial score (nSPS) is 25.3. The Morgan fingerprint density at radius 2 is 2.28 bits per heavy atom. The van der Waals surface area contributed by atoms with Gasteiger partial charge in [0, 0.05) is 18.9 Å². The summed E-state index contributed by atoms with van der Waals surface area (Å²) in [4.78, 5) is 11.8. The second-order valence-electron chi connectivity index (χ2n) is 5.47. The number of fused-ring (bicyclic) bond motifs is 1. The van der Waals surface area contributed by atoms with Gasteiger partial charge in [-0.05, 0) is 43.0 Å². The van der Waals surface area contributed by atoms with Gasteiger partial charge in [0.15, 0.2) is 0 Å². The summed E-state index contributed by atoms with van der Waals surface area (Å²) >= 11 is 0. The maximum absolute atomic E-state index is 11.8. The maximum atomic E-state index is 11.8. The zero-order valence-corrected chi connectivity index (χ0v) is 10.6. The molecule has 0 radical (unpaired) electrons. The van der Waals surface area contributed by atoms with E-state index in [0.29, 0.717) is 18.3 Å². The van der Waals surface area contributed by atoms with E-state index in [1.54, 1.807) is 0 Å². The first-order valence-electron chi connectivity index (χ1n) is 6.88. The van der Waals surface area contributed by atoms with Gasteiger partial charge < -0.3 is 10.6 Å². The molecule has 18 heavy (non-hydrogen) atoms. The fraction of sp³-hybridized carbons (Fsp3) is 0.533. The molecule has 1 aliphatic carbocycles. The largest absolute Gasteiger partial charge is 0.355 e. The number of amides is 1. The summed E-state index contributed by atoms with van der Waals surface area (Å²) in [6.45, 7) is 2.86. The fourth-order valence-corrected chi connectivity index (χ4v) is 3.00. The highest BCUT2D eigenvalue weighted by atomic mass is 16.1. The third-order valence-electron chi connectivity index (χ3n) is 4.14. The van der Waals surface area contributed by atoms with Gasteiger partial charge in [0.25, 0.3) is 0 Å². The SMILES string of the molecule is O=C(CC1CCNC1)NCC1Cc2ccccc21. The molecule has 0 aromatic heterocycles. The van der Waals surface area contributed by atoms with Crippen LogP contribution in [0.3, 0.4) is 0 Å². The van der Waals surface area contributed by atoms with E-state index < -0.39 is 0 Å². The Morgan fingerprint density at radius 3 is 3.06 bits per heavy atom. The molecule has 3 heteroatoms. The summed E-state index contributed by atoms with van der Waals surface area (Å²) in [5.74, 6) is 1.29. The van der Waals surface area contributed by atoms with Crippen LogP contribution in [-0.2, 0) is 11.2 Å². The Hall–Kier alpha value is -1.35. The molecule has 1 amide bonds. The Balaban J connectivity index is 1.44. The van der Waals surface area contributed by atoms with Crippen LogP contribution >= 0.6 is 0 Å². The molecule has 1 aliphatic heterocycles. The van der Waals surface area contributed by atoms with E-state index in [4.69, 9.17) is 0 Å². The Kier molecular flexibility index (Phi) is 3.33. The molecular weight excluding hydrogens is 224 g/mol. The predicted molar refractivity (Wildman–Crippen MR) is 71.5 cm³/mol. The quantitative estimate of drug-likeness (QED) is 0.841. The summed E-state index contributed by atoms with van der Waals surface area (Å²) in [5.41, 5.74) is 2.86. The smallest absolute Gasteiger partial charge is 0.220 e. The summed E-state index contributed by atoms with van der Waals surface area (Å²) in [6, 6.07) is 8.52. The second kappa shape index (κ2) is 5.11. The van der Waals surface area contributed by atoms with Crippen LogP contribution in [0.5, 0.6) is 0 Å². The summed E-state index contributed by atoms with van der Waals surface area (Å²) in [5, 5.41) is 6.38. The van der Waals surface area contributed by atoms with Crippen molar-refractivity contribution in [1.82, 2.24) is 10.6 Å². The number of carbonyl (C=O) groups excluding carboxylic acids is 1. The van der Waals surface area contributed by atoms with Crippen molar-refractivity contribution in [3.63, 3.8) is 0 Å². The van der Waals surface area contributed by atoms with E-state index in [9.17, 15) is 4.79 Å². The number of rotatable bonds is 4. The van der Waals surface area contributed by atoms with Gasteiger partial charge in [-0.1, -0.05) is 24.3 Å². The molecule has 0 bridgehead atoms. The molecule has 1 fully saturated rings. The Bertz CT molecular complexity index is 438. The first-order chi connectivity index (χ1) is 8.83. The molecule has 0 saturated carbocycles. The van der Waals surface area contributed by atoms with Gasteiger partial charge in [-0.2, -0.15) is 0 Å². The van der Waals surface area contributed by atoms with E-state index in [1.165, 1.54) is 11.1 Å². The zero-order valence-electron chi connectivity index (χ0n) is 10.6. The van der Waals surface area contributed by atoms with Crippen LogP contribution in [0.25, 0.3) is 0 Å².